The van der Waals surface area contributed by atoms with Crippen LogP contribution in [0, 0.1) is 0 Å². The van der Waals surface area contributed by atoms with Crippen molar-refractivity contribution < 1.29 is 13.9 Å². The summed E-state index contributed by atoms with van der Waals surface area (Å²) in [5.41, 5.74) is 0.619. The van der Waals surface area contributed by atoms with Crippen LogP contribution < -0.4 is 15.7 Å². The number of hydrogen-bond acceptors (Lipinski definition) is 4. The molecule has 0 bridgehead atoms. The number of nitrogens with one attached hydrogen (secondary N) is 1. The predicted molar refractivity (Wildman–Crippen MR) is 90.8 cm³/mol. The van der Waals surface area contributed by atoms with Crippen LogP contribution in [0.15, 0.2) is 45.6 Å². The maximum Gasteiger partial charge on any atom is 0.340 e. The standard InChI is InChI=1S/C18H18ClNO4/c1-2-23-15-9-16(24-17(21)10-15)18(22)20-14-7-12(8-14)11-3-5-13(19)6-4-11/h3-6,9-10,12,14H,2,7-8H2,1H3,(H,20,22). The zero-order valence-electron chi connectivity index (χ0n) is 13.3. The molecule has 3 rings (SSSR count). The topological polar surface area (TPSA) is 68.5 Å². The van der Waals surface area contributed by atoms with E-state index in [-0.39, 0.29) is 11.8 Å². The minimum atomic E-state index is -0.598. The Kier molecular flexibility index (Phi) is 4.90. The Morgan fingerprint density at radius 3 is 2.67 bits per heavy atom. The molecule has 1 fully saturated rings. The maximum absolute atomic E-state index is 12.2. The summed E-state index contributed by atoms with van der Waals surface area (Å²) in [7, 11) is 0. The van der Waals surface area contributed by atoms with Crippen molar-refractivity contribution in [1.82, 2.24) is 5.32 Å². The molecule has 1 aromatic carbocycles. The molecular weight excluding hydrogens is 330 g/mol. The fraction of sp³-hybridized carbons (Fsp3) is 0.333. The largest absolute Gasteiger partial charge is 0.493 e. The molecule has 1 N–H and O–H groups in total. The molecule has 24 heavy (non-hydrogen) atoms. The van der Waals surface area contributed by atoms with Gasteiger partial charge in [0.2, 0.25) is 0 Å². The number of benzene rings is 1. The van der Waals surface area contributed by atoms with E-state index >= 15 is 0 Å². The van der Waals surface area contributed by atoms with Crippen molar-refractivity contribution in [2.24, 2.45) is 0 Å². The molecule has 1 amide bonds. The van der Waals surface area contributed by atoms with Gasteiger partial charge in [-0.05, 0) is 43.4 Å². The van der Waals surface area contributed by atoms with Crippen molar-refractivity contribution in [3.05, 3.63) is 63.2 Å². The van der Waals surface area contributed by atoms with E-state index in [4.69, 9.17) is 20.8 Å². The first-order valence-corrected chi connectivity index (χ1v) is 8.27. The summed E-state index contributed by atoms with van der Waals surface area (Å²) in [6.45, 7) is 2.22. The van der Waals surface area contributed by atoms with E-state index in [1.807, 2.05) is 24.3 Å². The highest BCUT2D eigenvalue weighted by Gasteiger charge is 2.32. The number of amides is 1. The van der Waals surface area contributed by atoms with E-state index in [1.54, 1.807) is 6.92 Å². The first kappa shape index (κ1) is 16.6. The monoisotopic (exact) mass is 347 g/mol. The number of carbonyl (C=O) groups is 1. The van der Waals surface area contributed by atoms with Gasteiger partial charge in [0.25, 0.3) is 5.91 Å². The van der Waals surface area contributed by atoms with Crippen molar-refractivity contribution in [3.8, 4) is 5.75 Å². The van der Waals surface area contributed by atoms with Crippen molar-refractivity contribution >= 4 is 17.5 Å². The minimum absolute atomic E-state index is 0.0270. The van der Waals surface area contributed by atoms with E-state index in [2.05, 4.69) is 5.32 Å². The van der Waals surface area contributed by atoms with E-state index in [9.17, 15) is 9.59 Å². The van der Waals surface area contributed by atoms with E-state index in [0.717, 1.165) is 12.8 Å². The van der Waals surface area contributed by atoms with Gasteiger partial charge in [-0.1, -0.05) is 23.7 Å². The molecule has 0 atom stereocenters. The highest BCUT2D eigenvalue weighted by Crippen LogP contribution is 2.37. The molecule has 1 aliphatic carbocycles. The summed E-state index contributed by atoms with van der Waals surface area (Å²) < 4.78 is 10.2. The average Bonchev–Trinajstić information content (AvgIpc) is 2.51. The second kappa shape index (κ2) is 7.09. The van der Waals surface area contributed by atoms with Gasteiger partial charge in [0.1, 0.15) is 5.75 Å². The van der Waals surface area contributed by atoms with Crippen LogP contribution in [-0.2, 0) is 0 Å². The lowest BCUT2D eigenvalue weighted by molar-refractivity contribution is 0.0874. The van der Waals surface area contributed by atoms with Gasteiger partial charge < -0.3 is 14.5 Å². The molecular formula is C18H18ClNO4. The molecule has 0 spiro atoms. The Bertz CT molecular complexity index is 778. The van der Waals surface area contributed by atoms with Gasteiger partial charge >= 0.3 is 5.63 Å². The molecule has 6 heteroatoms. The van der Waals surface area contributed by atoms with Gasteiger partial charge in [-0.3, -0.25) is 4.79 Å². The zero-order valence-corrected chi connectivity index (χ0v) is 14.0. The van der Waals surface area contributed by atoms with Crippen LogP contribution in [0.2, 0.25) is 5.02 Å². The third-order valence-electron chi connectivity index (χ3n) is 4.09. The van der Waals surface area contributed by atoms with Gasteiger partial charge in [-0.2, -0.15) is 0 Å². The van der Waals surface area contributed by atoms with Crippen LogP contribution in [0.3, 0.4) is 0 Å². The number of ether oxygens (including phenoxy) is 1. The summed E-state index contributed by atoms with van der Waals surface area (Å²) in [5.74, 6) is 0.329. The Balaban J connectivity index is 1.59. The smallest absolute Gasteiger partial charge is 0.340 e. The fourth-order valence-electron chi connectivity index (χ4n) is 2.82. The van der Waals surface area contributed by atoms with Gasteiger partial charge in [-0.25, -0.2) is 4.79 Å². The minimum Gasteiger partial charge on any atom is -0.493 e. The molecule has 1 aromatic heterocycles. The molecule has 1 aliphatic rings. The lowest BCUT2D eigenvalue weighted by atomic mass is 9.76. The predicted octanol–water partition coefficient (Wildman–Crippen LogP) is 3.37. The molecule has 1 heterocycles. The number of halogens is 1. The molecule has 126 valence electrons. The Hall–Kier alpha value is -2.27. The number of rotatable bonds is 5. The number of carbonyl (C=O) groups excluding carboxylic acids is 1. The van der Waals surface area contributed by atoms with Crippen LogP contribution >= 0.6 is 11.6 Å². The molecule has 0 aliphatic heterocycles. The molecule has 5 nitrogen and oxygen atoms in total. The fourth-order valence-corrected chi connectivity index (χ4v) is 2.94. The third kappa shape index (κ3) is 3.79. The van der Waals surface area contributed by atoms with Crippen LogP contribution in [0.25, 0.3) is 0 Å². The quantitative estimate of drug-likeness (QED) is 0.900. The Labute approximate surface area is 144 Å². The summed E-state index contributed by atoms with van der Waals surface area (Å²) >= 11 is 5.89. The normalized spacial score (nSPS) is 19.4. The molecule has 2 aromatic rings. The molecule has 0 unspecified atom stereocenters. The van der Waals surface area contributed by atoms with E-state index < -0.39 is 11.5 Å². The zero-order chi connectivity index (χ0) is 17.1. The Morgan fingerprint density at radius 1 is 1.29 bits per heavy atom. The molecule has 0 saturated heterocycles. The van der Waals surface area contributed by atoms with Crippen molar-refractivity contribution in [1.29, 1.82) is 0 Å². The van der Waals surface area contributed by atoms with E-state index in [0.29, 0.717) is 23.3 Å². The molecule has 0 radical (unpaired) electrons. The first-order chi connectivity index (χ1) is 11.5. The van der Waals surface area contributed by atoms with Gasteiger partial charge in [0.05, 0.1) is 12.7 Å². The van der Waals surface area contributed by atoms with E-state index in [1.165, 1.54) is 17.7 Å². The third-order valence-corrected chi connectivity index (χ3v) is 4.35. The number of hydrogen-bond donors (Lipinski definition) is 1. The summed E-state index contributed by atoms with van der Waals surface area (Å²) in [6, 6.07) is 10.5. The summed E-state index contributed by atoms with van der Waals surface area (Å²) in [4.78, 5) is 23.7. The highest BCUT2D eigenvalue weighted by atomic mass is 35.5. The van der Waals surface area contributed by atoms with Gasteiger partial charge in [-0.15, -0.1) is 0 Å². The second-order valence-corrected chi connectivity index (χ2v) is 6.24. The van der Waals surface area contributed by atoms with Crippen molar-refractivity contribution in [3.63, 3.8) is 0 Å². The van der Waals surface area contributed by atoms with Crippen LogP contribution in [0.4, 0.5) is 0 Å². The maximum atomic E-state index is 12.2. The van der Waals surface area contributed by atoms with Crippen LogP contribution in [-0.4, -0.2) is 18.6 Å². The highest BCUT2D eigenvalue weighted by molar-refractivity contribution is 6.30. The first-order valence-electron chi connectivity index (χ1n) is 7.89. The van der Waals surface area contributed by atoms with Crippen molar-refractivity contribution in [2.45, 2.75) is 31.7 Å². The summed E-state index contributed by atoms with van der Waals surface area (Å²) in [5, 5.41) is 3.60. The van der Waals surface area contributed by atoms with Gasteiger partial charge in [0.15, 0.2) is 5.76 Å². The average molecular weight is 348 g/mol. The van der Waals surface area contributed by atoms with Crippen LogP contribution in [0.1, 0.15) is 41.8 Å². The van der Waals surface area contributed by atoms with Crippen molar-refractivity contribution in [2.75, 3.05) is 6.61 Å². The van der Waals surface area contributed by atoms with Gasteiger partial charge in [0, 0.05) is 17.1 Å². The molecule has 1 saturated carbocycles. The lowest BCUT2D eigenvalue weighted by Crippen LogP contribution is -2.43. The Morgan fingerprint density at radius 2 is 2.00 bits per heavy atom. The lowest BCUT2D eigenvalue weighted by Gasteiger charge is -2.36. The summed E-state index contributed by atoms with van der Waals surface area (Å²) in [6.07, 6.45) is 1.70. The van der Waals surface area contributed by atoms with Crippen LogP contribution in [0.5, 0.6) is 5.75 Å². The second-order valence-electron chi connectivity index (χ2n) is 5.80. The SMILES string of the molecule is CCOc1cc(C(=O)NC2CC(c3ccc(Cl)cc3)C2)oc(=O)c1.